The smallest absolute Gasteiger partial charge is 0.317 e. The van der Waals surface area contributed by atoms with E-state index < -0.39 is 0 Å². The lowest BCUT2D eigenvalue weighted by Gasteiger charge is -2.30. The molecule has 0 unspecified atom stereocenters. The highest BCUT2D eigenvalue weighted by molar-refractivity contribution is 5.74. The molecule has 2 amide bonds. The highest BCUT2D eigenvalue weighted by Crippen LogP contribution is 2.10. The van der Waals surface area contributed by atoms with Crippen molar-refractivity contribution < 1.29 is 14.6 Å². The highest BCUT2D eigenvalue weighted by atomic mass is 16.5. The Morgan fingerprint density at radius 3 is 2.73 bits per heavy atom. The van der Waals surface area contributed by atoms with Gasteiger partial charge in [-0.1, -0.05) is 37.3 Å². The van der Waals surface area contributed by atoms with Crippen LogP contribution in [-0.4, -0.2) is 48.4 Å². The summed E-state index contributed by atoms with van der Waals surface area (Å²) in [5.74, 6) is 0.267. The van der Waals surface area contributed by atoms with Gasteiger partial charge in [-0.15, -0.1) is 0 Å². The minimum atomic E-state index is -0.255. The molecule has 1 heterocycles. The molecule has 0 aromatic heterocycles. The molecule has 0 bridgehead atoms. The standard InChI is InChI=1S/C17H26N2O3/c1-14(12-22-13-15-5-3-2-4-6-15)11-18-17(21)19-9-7-16(20)8-10-19/h2-6,14,16,20H,7-13H2,1H3,(H,18,21)/t14-/m1/s1. The lowest BCUT2D eigenvalue weighted by atomic mass is 10.1. The highest BCUT2D eigenvalue weighted by Gasteiger charge is 2.21. The molecule has 5 nitrogen and oxygen atoms in total. The van der Waals surface area contributed by atoms with Crippen LogP contribution in [0.15, 0.2) is 30.3 Å². The zero-order valence-corrected chi connectivity index (χ0v) is 13.2. The fourth-order valence-corrected chi connectivity index (χ4v) is 2.45. The quantitative estimate of drug-likeness (QED) is 0.845. The first kappa shape index (κ1) is 16.8. The number of rotatable bonds is 6. The van der Waals surface area contributed by atoms with Gasteiger partial charge in [0.15, 0.2) is 0 Å². The number of carbonyl (C=O) groups excluding carboxylic acids is 1. The second kappa shape index (κ2) is 8.76. The molecule has 122 valence electrons. The Kier molecular flexibility index (Phi) is 6.68. The summed E-state index contributed by atoms with van der Waals surface area (Å²) in [5, 5.41) is 12.4. The zero-order valence-electron chi connectivity index (χ0n) is 13.2. The molecule has 1 aromatic rings. The van der Waals surface area contributed by atoms with Gasteiger partial charge in [-0.2, -0.15) is 0 Å². The lowest BCUT2D eigenvalue weighted by molar-refractivity contribution is 0.0859. The van der Waals surface area contributed by atoms with Crippen molar-refractivity contribution in [2.75, 3.05) is 26.2 Å². The predicted octanol–water partition coefficient (Wildman–Crippen LogP) is 2.01. The Hall–Kier alpha value is -1.59. The molecule has 0 spiro atoms. The number of carbonyl (C=O) groups is 1. The van der Waals surface area contributed by atoms with Crippen LogP contribution in [0.4, 0.5) is 4.79 Å². The van der Waals surface area contributed by atoms with Crippen molar-refractivity contribution in [3.05, 3.63) is 35.9 Å². The molecule has 1 saturated heterocycles. The van der Waals surface area contributed by atoms with E-state index in [1.165, 1.54) is 0 Å². The summed E-state index contributed by atoms with van der Waals surface area (Å²) in [6.45, 7) is 5.15. The number of benzene rings is 1. The third-order valence-corrected chi connectivity index (χ3v) is 3.87. The van der Waals surface area contributed by atoms with Crippen molar-refractivity contribution in [2.24, 2.45) is 5.92 Å². The Morgan fingerprint density at radius 2 is 2.05 bits per heavy atom. The summed E-state index contributed by atoms with van der Waals surface area (Å²) in [5.41, 5.74) is 1.16. The summed E-state index contributed by atoms with van der Waals surface area (Å²) in [7, 11) is 0. The van der Waals surface area contributed by atoms with Gasteiger partial charge in [0, 0.05) is 19.6 Å². The summed E-state index contributed by atoms with van der Waals surface area (Å²) in [6.07, 6.45) is 1.08. The molecule has 0 aliphatic carbocycles. The average Bonchev–Trinajstić information content (AvgIpc) is 2.54. The van der Waals surface area contributed by atoms with Gasteiger partial charge in [0.2, 0.25) is 0 Å². The number of aliphatic hydroxyl groups excluding tert-OH is 1. The van der Waals surface area contributed by atoms with E-state index in [-0.39, 0.29) is 18.1 Å². The minimum Gasteiger partial charge on any atom is -0.393 e. The van der Waals surface area contributed by atoms with Crippen molar-refractivity contribution in [3.8, 4) is 0 Å². The van der Waals surface area contributed by atoms with E-state index in [0.717, 1.165) is 5.56 Å². The second-order valence-corrected chi connectivity index (χ2v) is 6.01. The van der Waals surface area contributed by atoms with Crippen LogP contribution in [0.25, 0.3) is 0 Å². The summed E-state index contributed by atoms with van der Waals surface area (Å²) in [4.78, 5) is 13.8. The predicted molar refractivity (Wildman–Crippen MR) is 85.5 cm³/mol. The molecule has 0 saturated carbocycles. The van der Waals surface area contributed by atoms with Gasteiger partial charge < -0.3 is 20.1 Å². The van der Waals surface area contributed by atoms with E-state index in [1.54, 1.807) is 4.90 Å². The van der Waals surface area contributed by atoms with Gasteiger partial charge in [-0.3, -0.25) is 0 Å². The van der Waals surface area contributed by atoms with Crippen molar-refractivity contribution in [1.82, 2.24) is 10.2 Å². The van der Waals surface area contributed by atoms with Crippen molar-refractivity contribution in [1.29, 1.82) is 0 Å². The Bertz CT molecular complexity index is 444. The molecule has 5 heteroatoms. The van der Waals surface area contributed by atoms with E-state index in [4.69, 9.17) is 4.74 Å². The van der Waals surface area contributed by atoms with Crippen LogP contribution in [0, 0.1) is 5.92 Å². The number of hydrogen-bond acceptors (Lipinski definition) is 3. The first-order chi connectivity index (χ1) is 10.6. The molecular formula is C17H26N2O3. The average molecular weight is 306 g/mol. The molecule has 2 N–H and O–H groups in total. The molecule has 1 atom stereocenters. The fourth-order valence-electron chi connectivity index (χ4n) is 2.45. The monoisotopic (exact) mass is 306 g/mol. The molecule has 1 aromatic carbocycles. The second-order valence-electron chi connectivity index (χ2n) is 6.01. The first-order valence-corrected chi connectivity index (χ1v) is 7.97. The molecule has 1 fully saturated rings. The van der Waals surface area contributed by atoms with Crippen LogP contribution in [-0.2, 0) is 11.3 Å². The molecular weight excluding hydrogens is 280 g/mol. The summed E-state index contributed by atoms with van der Waals surface area (Å²) >= 11 is 0. The third-order valence-electron chi connectivity index (χ3n) is 3.87. The Morgan fingerprint density at radius 1 is 1.36 bits per heavy atom. The van der Waals surface area contributed by atoms with E-state index in [0.29, 0.717) is 45.7 Å². The topological polar surface area (TPSA) is 61.8 Å². The number of piperidine rings is 1. The number of ether oxygens (including phenoxy) is 1. The van der Waals surface area contributed by atoms with Crippen molar-refractivity contribution >= 4 is 6.03 Å². The Balaban J connectivity index is 1.59. The zero-order chi connectivity index (χ0) is 15.8. The van der Waals surface area contributed by atoms with Crippen LogP contribution in [0.1, 0.15) is 25.3 Å². The van der Waals surface area contributed by atoms with Gasteiger partial charge in [0.1, 0.15) is 0 Å². The van der Waals surface area contributed by atoms with Gasteiger partial charge in [0.05, 0.1) is 19.3 Å². The number of nitrogens with one attached hydrogen (secondary N) is 1. The molecule has 22 heavy (non-hydrogen) atoms. The van der Waals surface area contributed by atoms with Crippen LogP contribution in [0.3, 0.4) is 0 Å². The number of nitrogens with zero attached hydrogens (tertiary/aromatic N) is 1. The van der Waals surface area contributed by atoms with E-state index in [2.05, 4.69) is 12.2 Å². The lowest BCUT2D eigenvalue weighted by Crippen LogP contribution is -2.46. The van der Waals surface area contributed by atoms with Gasteiger partial charge in [-0.05, 0) is 24.3 Å². The maximum Gasteiger partial charge on any atom is 0.317 e. The first-order valence-electron chi connectivity index (χ1n) is 7.97. The largest absolute Gasteiger partial charge is 0.393 e. The number of likely N-dealkylation sites (tertiary alicyclic amines) is 1. The molecule has 0 radical (unpaired) electrons. The summed E-state index contributed by atoms with van der Waals surface area (Å²) in [6, 6.07) is 10.0. The van der Waals surface area contributed by atoms with Crippen LogP contribution >= 0.6 is 0 Å². The maximum absolute atomic E-state index is 12.0. The minimum absolute atomic E-state index is 0.0400. The van der Waals surface area contributed by atoms with Crippen molar-refractivity contribution in [3.63, 3.8) is 0 Å². The summed E-state index contributed by atoms with van der Waals surface area (Å²) < 4.78 is 5.68. The number of aliphatic hydroxyl groups is 1. The fraction of sp³-hybridized carbons (Fsp3) is 0.588. The number of urea groups is 1. The molecule has 2 rings (SSSR count). The van der Waals surface area contributed by atoms with Crippen LogP contribution in [0.2, 0.25) is 0 Å². The molecule has 1 aliphatic rings. The van der Waals surface area contributed by atoms with E-state index >= 15 is 0 Å². The Labute approximate surface area is 132 Å². The number of amides is 2. The van der Waals surface area contributed by atoms with Crippen LogP contribution < -0.4 is 5.32 Å². The van der Waals surface area contributed by atoms with Gasteiger partial charge in [0.25, 0.3) is 0 Å². The maximum atomic E-state index is 12.0. The normalized spacial score (nSPS) is 17.3. The third kappa shape index (κ3) is 5.66. The SMILES string of the molecule is C[C@H](CNC(=O)N1CCC(O)CC1)COCc1ccccc1. The van der Waals surface area contributed by atoms with E-state index in [9.17, 15) is 9.90 Å². The van der Waals surface area contributed by atoms with Gasteiger partial charge in [-0.25, -0.2) is 4.79 Å². The van der Waals surface area contributed by atoms with Crippen LogP contribution in [0.5, 0.6) is 0 Å². The van der Waals surface area contributed by atoms with Crippen molar-refractivity contribution in [2.45, 2.75) is 32.5 Å². The van der Waals surface area contributed by atoms with E-state index in [1.807, 2.05) is 30.3 Å². The number of hydrogen-bond donors (Lipinski definition) is 2. The molecule has 1 aliphatic heterocycles. The van der Waals surface area contributed by atoms with Gasteiger partial charge >= 0.3 is 6.03 Å².